The number of benzene rings is 1. The van der Waals surface area contributed by atoms with Crippen molar-refractivity contribution in [3.8, 4) is 5.75 Å². The van der Waals surface area contributed by atoms with Gasteiger partial charge in [0.05, 0.1) is 13.2 Å². The highest BCUT2D eigenvalue weighted by atomic mass is 19.1. The zero-order valence-corrected chi connectivity index (χ0v) is 10.2. The van der Waals surface area contributed by atoms with E-state index in [0.29, 0.717) is 0 Å². The number of hydrogen-bond acceptors (Lipinski definition) is 3. The van der Waals surface area contributed by atoms with Crippen molar-refractivity contribution < 1.29 is 13.9 Å². The van der Waals surface area contributed by atoms with Crippen molar-refractivity contribution in [3.05, 3.63) is 29.6 Å². The van der Waals surface area contributed by atoms with Crippen LogP contribution in [0.5, 0.6) is 5.75 Å². The molecule has 1 aromatic carbocycles. The molecule has 3 nitrogen and oxygen atoms in total. The first-order valence-electron chi connectivity index (χ1n) is 5.84. The molecule has 1 aromatic rings. The van der Waals surface area contributed by atoms with Crippen molar-refractivity contribution in [2.45, 2.75) is 25.5 Å². The van der Waals surface area contributed by atoms with Gasteiger partial charge in [-0.3, -0.25) is 0 Å². The lowest BCUT2D eigenvalue weighted by atomic mass is 9.89. The smallest absolute Gasteiger partial charge is 0.165 e. The summed E-state index contributed by atoms with van der Waals surface area (Å²) in [5.74, 6) is 0.131. The summed E-state index contributed by atoms with van der Waals surface area (Å²) in [4.78, 5) is 0. The van der Waals surface area contributed by atoms with Gasteiger partial charge in [-0.2, -0.15) is 0 Å². The maximum absolute atomic E-state index is 13.6. The van der Waals surface area contributed by atoms with Gasteiger partial charge in [0.25, 0.3) is 0 Å². The van der Waals surface area contributed by atoms with Crippen LogP contribution in [0.1, 0.15) is 24.9 Å². The fourth-order valence-electron chi connectivity index (χ4n) is 2.36. The van der Waals surface area contributed by atoms with Gasteiger partial charge < -0.3 is 15.2 Å². The van der Waals surface area contributed by atoms with Gasteiger partial charge in [-0.15, -0.1) is 0 Å². The monoisotopic (exact) mass is 239 g/mol. The largest absolute Gasteiger partial charge is 0.494 e. The lowest BCUT2D eigenvalue weighted by Gasteiger charge is -2.22. The quantitative estimate of drug-likeness (QED) is 0.880. The number of halogens is 1. The van der Waals surface area contributed by atoms with E-state index in [1.807, 2.05) is 13.0 Å². The molecule has 0 spiro atoms. The number of hydrogen-bond donors (Lipinski definition) is 1. The van der Waals surface area contributed by atoms with Gasteiger partial charge in [-0.05, 0) is 31.0 Å². The Balaban J connectivity index is 2.19. The fourth-order valence-corrected chi connectivity index (χ4v) is 2.36. The third-order valence-corrected chi connectivity index (χ3v) is 3.46. The minimum atomic E-state index is -0.369. The second-order valence-corrected chi connectivity index (χ2v) is 4.45. The van der Waals surface area contributed by atoms with Gasteiger partial charge in [-0.1, -0.05) is 6.07 Å². The van der Waals surface area contributed by atoms with E-state index in [0.717, 1.165) is 18.6 Å². The van der Waals surface area contributed by atoms with E-state index >= 15 is 0 Å². The molecule has 3 atom stereocenters. The van der Waals surface area contributed by atoms with E-state index in [1.165, 1.54) is 13.2 Å². The lowest BCUT2D eigenvalue weighted by Crippen LogP contribution is -2.26. The first-order valence-corrected chi connectivity index (χ1v) is 5.84. The second-order valence-electron chi connectivity index (χ2n) is 4.45. The molecule has 0 saturated carbocycles. The zero-order chi connectivity index (χ0) is 12.4. The first kappa shape index (κ1) is 12.3. The molecule has 1 fully saturated rings. The predicted octanol–water partition coefficient (Wildman–Crippen LogP) is 2.26. The fraction of sp³-hybridized carbons (Fsp3) is 0.538. The Bertz CT molecular complexity index is 397. The Labute approximate surface area is 101 Å². The van der Waals surface area contributed by atoms with Crippen molar-refractivity contribution in [1.82, 2.24) is 0 Å². The van der Waals surface area contributed by atoms with Crippen LogP contribution >= 0.6 is 0 Å². The molecule has 17 heavy (non-hydrogen) atoms. The summed E-state index contributed by atoms with van der Waals surface area (Å²) >= 11 is 0. The lowest BCUT2D eigenvalue weighted by molar-refractivity contribution is 0.0994. The predicted molar refractivity (Wildman–Crippen MR) is 63.4 cm³/mol. The molecule has 0 aromatic heterocycles. The van der Waals surface area contributed by atoms with Gasteiger partial charge in [0.1, 0.15) is 0 Å². The molecular formula is C13H18FNO2. The molecule has 1 aliphatic rings. The van der Waals surface area contributed by atoms with Crippen LogP contribution in [-0.4, -0.2) is 19.8 Å². The van der Waals surface area contributed by atoms with Crippen molar-refractivity contribution in [3.63, 3.8) is 0 Å². The summed E-state index contributed by atoms with van der Waals surface area (Å²) in [7, 11) is 1.45. The van der Waals surface area contributed by atoms with Gasteiger partial charge in [0, 0.05) is 18.6 Å². The highest BCUT2D eigenvalue weighted by Gasteiger charge is 2.30. The Hall–Kier alpha value is -1.13. The summed E-state index contributed by atoms with van der Waals surface area (Å²) < 4.78 is 24.0. The van der Waals surface area contributed by atoms with E-state index in [4.69, 9.17) is 15.2 Å². The maximum Gasteiger partial charge on any atom is 0.165 e. The topological polar surface area (TPSA) is 44.5 Å². The van der Waals surface area contributed by atoms with Crippen LogP contribution < -0.4 is 10.5 Å². The van der Waals surface area contributed by atoms with E-state index < -0.39 is 0 Å². The van der Waals surface area contributed by atoms with E-state index in [-0.39, 0.29) is 29.6 Å². The van der Waals surface area contributed by atoms with Crippen LogP contribution in [-0.2, 0) is 4.74 Å². The van der Waals surface area contributed by atoms with E-state index in [9.17, 15) is 4.39 Å². The highest BCUT2D eigenvalue weighted by molar-refractivity contribution is 5.31. The third kappa shape index (κ3) is 2.42. The molecule has 0 radical (unpaired) electrons. The number of ether oxygens (including phenoxy) is 2. The maximum atomic E-state index is 13.6. The third-order valence-electron chi connectivity index (χ3n) is 3.46. The van der Waals surface area contributed by atoms with Crippen LogP contribution in [0, 0.1) is 11.7 Å². The van der Waals surface area contributed by atoms with Crippen LogP contribution in [0.25, 0.3) is 0 Å². The molecule has 1 aliphatic heterocycles. The number of methoxy groups -OCH3 is 1. The average molecular weight is 239 g/mol. The van der Waals surface area contributed by atoms with Gasteiger partial charge in [0.15, 0.2) is 11.6 Å². The standard InChI is InChI=1S/C13H18FNO2/c1-8-10(5-6-17-8)13(15)9-3-4-12(16-2)11(14)7-9/h3-4,7-8,10,13H,5-6,15H2,1-2H3. The zero-order valence-electron chi connectivity index (χ0n) is 10.2. The first-order chi connectivity index (χ1) is 8.13. The summed E-state index contributed by atoms with van der Waals surface area (Å²) in [5.41, 5.74) is 6.96. The summed E-state index contributed by atoms with van der Waals surface area (Å²) in [6, 6.07) is 4.70. The molecule has 4 heteroatoms. The summed E-state index contributed by atoms with van der Waals surface area (Å²) in [5, 5.41) is 0. The van der Waals surface area contributed by atoms with E-state index in [1.54, 1.807) is 6.07 Å². The normalized spacial score (nSPS) is 25.9. The molecule has 2 N–H and O–H groups in total. The molecule has 0 amide bonds. The number of nitrogens with two attached hydrogens (primary N) is 1. The van der Waals surface area contributed by atoms with Crippen LogP contribution in [0.3, 0.4) is 0 Å². The van der Waals surface area contributed by atoms with E-state index in [2.05, 4.69) is 0 Å². The summed E-state index contributed by atoms with van der Waals surface area (Å²) in [6.45, 7) is 2.75. The van der Waals surface area contributed by atoms with Gasteiger partial charge in [-0.25, -0.2) is 4.39 Å². The van der Waals surface area contributed by atoms with Crippen LogP contribution in [0.4, 0.5) is 4.39 Å². The molecule has 0 bridgehead atoms. The average Bonchev–Trinajstić information content (AvgIpc) is 2.74. The minimum absolute atomic E-state index is 0.134. The van der Waals surface area contributed by atoms with Crippen LogP contribution in [0.2, 0.25) is 0 Å². The molecule has 94 valence electrons. The SMILES string of the molecule is COc1ccc(C(N)C2CCOC2C)cc1F. The van der Waals surface area contributed by atoms with Gasteiger partial charge in [0.2, 0.25) is 0 Å². The highest BCUT2D eigenvalue weighted by Crippen LogP contribution is 2.32. The molecule has 2 rings (SSSR count). The van der Waals surface area contributed by atoms with Crippen molar-refractivity contribution in [1.29, 1.82) is 0 Å². The number of rotatable bonds is 3. The molecular weight excluding hydrogens is 221 g/mol. The summed E-state index contributed by atoms with van der Waals surface area (Å²) in [6.07, 6.45) is 1.06. The second kappa shape index (κ2) is 5.02. The van der Waals surface area contributed by atoms with Crippen molar-refractivity contribution in [2.75, 3.05) is 13.7 Å². The molecule has 3 unspecified atom stereocenters. The Morgan fingerprint density at radius 3 is 2.82 bits per heavy atom. The Kier molecular flexibility index (Phi) is 3.64. The Morgan fingerprint density at radius 2 is 2.29 bits per heavy atom. The molecule has 1 saturated heterocycles. The van der Waals surface area contributed by atoms with Crippen molar-refractivity contribution in [2.24, 2.45) is 11.7 Å². The van der Waals surface area contributed by atoms with Crippen LogP contribution in [0.15, 0.2) is 18.2 Å². The minimum Gasteiger partial charge on any atom is -0.494 e. The van der Waals surface area contributed by atoms with Gasteiger partial charge >= 0.3 is 0 Å². The van der Waals surface area contributed by atoms with Crippen molar-refractivity contribution >= 4 is 0 Å². The Morgan fingerprint density at radius 1 is 1.53 bits per heavy atom. The molecule has 0 aliphatic carbocycles. The molecule has 1 heterocycles.